The van der Waals surface area contributed by atoms with Gasteiger partial charge < -0.3 is 14.9 Å². The van der Waals surface area contributed by atoms with Gasteiger partial charge in [-0.3, -0.25) is 0 Å². The SMILES string of the molecule is O=C(O)c1ccc2c(NCCc3ncon3)ncnc2c1. The smallest absolute Gasteiger partial charge is 0.335 e. The minimum atomic E-state index is -0.984. The largest absolute Gasteiger partial charge is 0.478 e. The highest BCUT2D eigenvalue weighted by Gasteiger charge is 2.08. The molecule has 0 spiro atoms. The molecule has 106 valence electrons. The molecule has 8 nitrogen and oxygen atoms in total. The molecule has 0 aliphatic heterocycles. The third-order valence-corrected chi connectivity index (χ3v) is 2.93. The molecular weight excluding hydrogens is 274 g/mol. The number of benzene rings is 1. The van der Waals surface area contributed by atoms with E-state index < -0.39 is 5.97 Å². The van der Waals surface area contributed by atoms with Gasteiger partial charge in [-0.05, 0) is 18.2 Å². The molecule has 21 heavy (non-hydrogen) atoms. The number of fused-ring (bicyclic) bond motifs is 1. The van der Waals surface area contributed by atoms with Crippen molar-refractivity contribution in [3.8, 4) is 0 Å². The number of hydrogen-bond donors (Lipinski definition) is 2. The summed E-state index contributed by atoms with van der Waals surface area (Å²) in [5, 5.41) is 16.6. The molecule has 2 heterocycles. The number of carbonyl (C=O) groups is 1. The van der Waals surface area contributed by atoms with Crippen molar-refractivity contribution in [3.63, 3.8) is 0 Å². The Balaban J connectivity index is 1.80. The summed E-state index contributed by atoms with van der Waals surface area (Å²) in [7, 11) is 0. The zero-order chi connectivity index (χ0) is 14.7. The van der Waals surface area contributed by atoms with Crippen molar-refractivity contribution in [3.05, 3.63) is 42.3 Å². The quantitative estimate of drug-likeness (QED) is 0.722. The van der Waals surface area contributed by atoms with Crippen LogP contribution in [0.3, 0.4) is 0 Å². The highest BCUT2D eigenvalue weighted by molar-refractivity contribution is 5.96. The average Bonchev–Trinajstić information content (AvgIpc) is 3.00. The van der Waals surface area contributed by atoms with Gasteiger partial charge in [0.05, 0.1) is 11.1 Å². The standard InChI is InChI=1S/C13H11N5O3/c19-13(20)8-1-2-9-10(5-8)15-6-16-12(9)14-4-3-11-17-7-21-18-11/h1-2,5-7H,3-4H2,(H,19,20)(H,14,15,16). The first-order chi connectivity index (χ1) is 10.2. The van der Waals surface area contributed by atoms with Crippen LogP contribution in [0.5, 0.6) is 0 Å². The maximum atomic E-state index is 11.0. The molecule has 0 aliphatic carbocycles. The summed E-state index contributed by atoms with van der Waals surface area (Å²) in [6.07, 6.45) is 3.27. The first kappa shape index (κ1) is 13.0. The van der Waals surface area contributed by atoms with E-state index in [1.165, 1.54) is 24.9 Å². The topological polar surface area (TPSA) is 114 Å². The predicted octanol–water partition coefficient (Wildman–Crippen LogP) is 1.37. The van der Waals surface area contributed by atoms with Gasteiger partial charge in [0.15, 0.2) is 5.82 Å². The number of anilines is 1. The van der Waals surface area contributed by atoms with Gasteiger partial charge in [0.2, 0.25) is 6.39 Å². The summed E-state index contributed by atoms with van der Waals surface area (Å²) in [4.78, 5) is 23.1. The normalized spacial score (nSPS) is 10.7. The Morgan fingerprint density at radius 3 is 2.95 bits per heavy atom. The Morgan fingerprint density at radius 2 is 2.19 bits per heavy atom. The Hall–Kier alpha value is -3.03. The molecule has 8 heteroatoms. The zero-order valence-electron chi connectivity index (χ0n) is 10.9. The van der Waals surface area contributed by atoms with Crippen molar-refractivity contribution >= 4 is 22.7 Å². The maximum absolute atomic E-state index is 11.0. The number of rotatable bonds is 5. The molecule has 0 saturated carbocycles. The van der Waals surface area contributed by atoms with Crippen molar-refractivity contribution in [2.24, 2.45) is 0 Å². The second-order valence-electron chi connectivity index (χ2n) is 4.28. The van der Waals surface area contributed by atoms with Gasteiger partial charge in [-0.2, -0.15) is 4.98 Å². The van der Waals surface area contributed by atoms with E-state index in [9.17, 15) is 4.79 Å². The van der Waals surface area contributed by atoms with Crippen molar-refractivity contribution < 1.29 is 14.4 Å². The summed E-state index contributed by atoms with van der Waals surface area (Å²) in [6.45, 7) is 0.576. The zero-order valence-corrected chi connectivity index (χ0v) is 10.9. The summed E-state index contributed by atoms with van der Waals surface area (Å²) in [5.41, 5.74) is 0.769. The van der Waals surface area contributed by atoms with E-state index in [4.69, 9.17) is 5.11 Å². The van der Waals surface area contributed by atoms with Crippen LogP contribution < -0.4 is 5.32 Å². The molecule has 0 unspecified atom stereocenters. The first-order valence-corrected chi connectivity index (χ1v) is 6.21. The third kappa shape index (κ3) is 2.78. The van der Waals surface area contributed by atoms with E-state index in [0.29, 0.717) is 30.1 Å². The minimum Gasteiger partial charge on any atom is -0.478 e. The van der Waals surface area contributed by atoms with Crippen molar-refractivity contribution in [2.45, 2.75) is 6.42 Å². The van der Waals surface area contributed by atoms with Crippen LogP contribution in [-0.2, 0) is 6.42 Å². The van der Waals surface area contributed by atoms with Crippen LogP contribution in [-0.4, -0.2) is 37.7 Å². The van der Waals surface area contributed by atoms with Gasteiger partial charge in [-0.1, -0.05) is 5.16 Å². The summed E-state index contributed by atoms with van der Waals surface area (Å²) in [6, 6.07) is 4.73. The van der Waals surface area contributed by atoms with Crippen LogP contribution >= 0.6 is 0 Å². The first-order valence-electron chi connectivity index (χ1n) is 6.21. The van der Waals surface area contributed by atoms with Crippen molar-refractivity contribution in [2.75, 3.05) is 11.9 Å². The van der Waals surface area contributed by atoms with Gasteiger partial charge in [0.25, 0.3) is 0 Å². The number of nitrogens with zero attached hydrogens (tertiary/aromatic N) is 4. The number of carboxylic acid groups (broad SMARTS) is 1. The van der Waals surface area contributed by atoms with Crippen LogP contribution in [0.4, 0.5) is 5.82 Å². The Morgan fingerprint density at radius 1 is 1.29 bits per heavy atom. The van der Waals surface area contributed by atoms with Crippen LogP contribution in [0.15, 0.2) is 35.4 Å². The second kappa shape index (κ2) is 5.53. The van der Waals surface area contributed by atoms with Crippen LogP contribution in [0.2, 0.25) is 0 Å². The molecule has 0 atom stereocenters. The lowest BCUT2D eigenvalue weighted by Gasteiger charge is -2.07. The van der Waals surface area contributed by atoms with Crippen LogP contribution in [0, 0.1) is 0 Å². The van der Waals surface area contributed by atoms with E-state index in [2.05, 4.69) is 29.9 Å². The monoisotopic (exact) mass is 285 g/mol. The van der Waals surface area contributed by atoms with Gasteiger partial charge in [0, 0.05) is 18.4 Å². The third-order valence-electron chi connectivity index (χ3n) is 2.93. The Kier molecular flexibility index (Phi) is 3.42. The second-order valence-corrected chi connectivity index (χ2v) is 4.28. The number of aromatic carboxylic acids is 1. The molecular formula is C13H11N5O3. The lowest BCUT2D eigenvalue weighted by atomic mass is 10.1. The fraction of sp³-hybridized carbons (Fsp3) is 0.154. The Labute approximate surface area is 118 Å². The van der Waals surface area contributed by atoms with Crippen LogP contribution in [0.25, 0.3) is 10.9 Å². The average molecular weight is 285 g/mol. The van der Waals surface area contributed by atoms with Crippen molar-refractivity contribution in [1.82, 2.24) is 20.1 Å². The molecule has 0 saturated heterocycles. The van der Waals surface area contributed by atoms with Crippen molar-refractivity contribution in [1.29, 1.82) is 0 Å². The molecule has 2 aromatic heterocycles. The fourth-order valence-electron chi connectivity index (χ4n) is 1.93. The Bertz CT molecular complexity index is 773. The summed E-state index contributed by atoms with van der Waals surface area (Å²) >= 11 is 0. The molecule has 0 aliphatic rings. The lowest BCUT2D eigenvalue weighted by molar-refractivity contribution is 0.0697. The molecule has 0 radical (unpaired) electrons. The van der Waals surface area contributed by atoms with Crippen LogP contribution in [0.1, 0.15) is 16.2 Å². The van der Waals surface area contributed by atoms with E-state index in [-0.39, 0.29) is 5.56 Å². The number of carboxylic acids is 1. The highest BCUT2D eigenvalue weighted by atomic mass is 16.5. The number of hydrogen-bond acceptors (Lipinski definition) is 7. The predicted molar refractivity (Wildman–Crippen MR) is 73.0 cm³/mol. The maximum Gasteiger partial charge on any atom is 0.335 e. The van der Waals surface area contributed by atoms with Gasteiger partial charge in [-0.15, -0.1) is 0 Å². The van der Waals surface area contributed by atoms with Gasteiger partial charge >= 0.3 is 5.97 Å². The summed E-state index contributed by atoms with van der Waals surface area (Å²) in [5.74, 6) is 0.261. The molecule has 3 rings (SSSR count). The molecule has 0 fully saturated rings. The minimum absolute atomic E-state index is 0.193. The van der Waals surface area contributed by atoms with Gasteiger partial charge in [-0.25, -0.2) is 14.8 Å². The number of nitrogens with one attached hydrogen (secondary N) is 1. The molecule has 2 N–H and O–H groups in total. The highest BCUT2D eigenvalue weighted by Crippen LogP contribution is 2.20. The molecule has 0 bridgehead atoms. The lowest BCUT2D eigenvalue weighted by Crippen LogP contribution is -2.08. The van der Waals surface area contributed by atoms with E-state index in [1.54, 1.807) is 6.07 Å². The molecule has 0 amide bonds. The number of aromatic nitrogens is 4. The van der Waals surface area contributed by atoms with E-state index >= 15 is 0 Å². The fourth-order valence-corrected chi connectivity index (χ4v) is 1.93. The molecule has 1 aromatic carbocycles. The summed E-state index contributed by atoms with van der Waals surface area (Å²) < 4.78 is 4.65. The van der Waals surface area contributed by atoms with E-state index in [0.717, 1.165) is 5.39 Å². The van der Waals surface area contributed by atoms with E-state index in [1.807, 2.05) is 0 Å². The van der Waals surface area contributed by atoms with Gasteiger partial charge in [0.1, 0.15) is 12.1 Å². The molecule has 3 aromatic rings.